The van der Waals surface area contributed by atoms with Gasteiger partial charge in [0.1, 0.15) is 0 Å². The molecule has 98 valence electrons. The minimum atomic E-state index is -0.0517. The van der Waals surface area contributed by atoms with Gasteiger partial charge >= 0.3 is 0 Å². The normalized spacial score (nSPS) is 13.4. The molecule has 6 heteroatoms. The highest BCUT2D eigenvalue weighted by atomic mass is 35.5. The van der Waals surface area contributed by atoms with Crippen LogP contribution in [-0.4, -0.2) is 9.97 Å². The van der Waals surface area contributed by atoms with Gasteiger partial charge in [-0.15, -0.1) is 0 Å². The number of thioether (sulfide) groups is 1. The molecular weight excluding hydrogens is 282 g/mol. The highest BCUT2D eigenvalue weighted by Gasteiger charge is 2.17. The maximum absolute atomic E-state index is 11.9. The summed E-state index contributed by atoms with van der Waals surface area (Å²) in [4.78, 5) is 19.1. The van der Waals surface area contributed by atoms with Crippen molar-refractivity contribution in [1.29, 1.82) is 0 Å². The van der Waals surface area contributed by atoms with Gasteiger partial charge < -0.3 is 5.32 Å². The van der Waals surface area contributed by atoms with E-state index < -0.39 is 0 Å². The maximum atomic E-state index is 11.9. The largest absolute Gasteiger partial charge is 0.325 e. The number of benzene rings is 1. The van der Waals surface area contributed by atoms with Crippen LogP contribution >= 0.6 is 23.4 Å². The summed E-state index contributed by atoms with van der Waals surface area (Å²) in [7, 11) is 0. The monoisotopic (exact) mass is 293 g/mol. The number of nitrogens with zero attached hydrogens (tertiary/aromatic N) is 1. The van der Waals surface area contributed by atoms with Gasteiger partial charge in [-0.25, -0.2) is 4.98 Å². The van der Waals surface area contributed by atoms with E-state index in [4.69, 9.17) is 11.6 Å². The van der Waals surface area contributed by atoms with E-state index in [0.717, 1.165) is 34.0 Å². The van der Waals surface area contributed by atoms with Gasteiger partial charge in [0.25, 0.3) is 5.56 Å². The Balaban J connectivity index is 1.96. The molecule has 2 N–H and O–H groups in total. The van der Waals surface area contributed by atoms with Crippen molar-refractivity contribution in [2.24, 2.45) is 0 Å². The third-order valence-corrected chi connectivity index (χ3v) is 4.23. The van der Waals surface area contributed by atoms with Crippen LogP contribution in [0.3, 0.4) is 0 Å². The Morgan fingerprint density at radius 3 is 3.05 bits per heavy atom. The number of fused-ring (bicyclic) bond motifs is 1. The molecule has 0 saturated carbocycles. The molecule has 1 aromatic carbocycles. The second kappa shape index (κ2) is 4.90. The van der Waals surface area contributed by atoms with E-state index in [1.54, 1.807) is 17.8 Å². The Morgan fingerprint density at radius 1 is 1.42 bits per heavy atom. The maximum Gasteiger partial charge on any atom is 0.256 e. The van der Waals surface area contributed by atoms with Crippen molar-refractivity contribution in [2.45, 2.75) is 18.4 Å². The lowest BCUT2D eigenvalue weighted by Gasteiger charge is -2.09. The number of hydrogen-bond donors (Lipinski definition) is 2. The number of aromatic amines is 1. The predicted octanol–water partition coefficient (Wildman–Crippen LogP) is 3.22. The average molecular weight is 294 g/mol. The zero-order valence-corrected chi connectivity index (χ0v) is 11.9. The number of H-pyrrole nitrogens is 1. The molecule has 1 aliphatic rings. The summed E-state index contributed by atoms with van der Waals surface area (Å²) in [6, 6.07) is 5.54. The lowest BCUT2D eigenvalue weighted by atomic mass is 10.2. The van der Waals surface area contributed by atoms with E-state index in [-0.39, 0.29) is 5.56 Å². The van der Waals surface area contributed by atoms with Crippen molar-refractivity contribution in [1.82, 2.24) is 9.97 Å². The topological polar surface area (TPSA) is 57.8 Å². The number of anilines is 2. The summed E-state index contributed by atoms with van der Waals surface area (Å²) in [5.41, 5.74) is 3.51. The van der Waals surface area contributed by atoms with Crippen LogP contribution in [0.4, 0.5) is 11.6 Å². The highest BCUT2D eigenvalue weighted by Crippen LogP contribution is 2.27. The summed E-state index contributed by atoms with van der Waals surface area (Å²) in [6.07, 6.45) is 0. The molecule has 0 spiro atoms. The van der Waals surface area contributed by atoms with Crippen molar-refractivity contribution in [3.63, 3.8) is 0 Å². The first-order valence-electron chi connectivity index (χ1n) is 5.86. The number of aryl methyl sites for hydroxylation is 1. The highest BCUT2D eigenvalue weighted by molar-refractivity contribution is 7.98. The molecule has 0 radical (unpaired) electrons. The fourth-order valence-electron chi connectivity index (χ4n) is 2.02. The predicted molar refractivity (Wildman–Crippen MR) is 79.3 cm³/mol. The first-order valence-corrected chi connectivity index (χ1v) is 7.40. The Kier molecular flexibility index (Phi) is 3.24. The summed E-state index contributed by atoms with van der Waals surface area (Å²) in [5, 5.41) is 3.83. The zero-order chi connectivity index (χ0) is 13.4. The fourth-order valence-corrected chi connectivity index (χ4v) is 3.28. The van der Waals surface area contributed by atoms with Crippen LogP contribution in [0.2, 0.25) is 5.02 Å². The van der Waals surface area contributed by atoms with Crippen molar-refractivity contribution in [3.8, 4) is 0 Å². The molecule has 0 amide bonds. The zero-order valence-electron chi connectivity index (χ0n) is 10.3. The molecule has 1 aliphatic heterocycles. The third kappa shape index (κ3) is 2.48. The second-order valence-electron chi connectivity index (χ2n) is 4.42. The van der Waals surface area contributed by atoms with Crippen LogP contribution in [-0.2, 0) is 11.5 Å². The molecule has 0 saturated heterocycles. The fraction of sp³-hybridized carbons (Fsp3) is 0.231. The summed E-state index contributed by atoms with van der Waals surface area (Å²) < 4.78 is 0. The van der Waals surface area contributed by atoms with Gasteiger partial charge in [0.05, 0.1) is 5.69 Å². The average Bonchev–Trinajstić information content (AvgIpc) is 2.81. The van der Waals surface area contributed by atoms with Gasteiger partial charge in [-0.3, -0.25) is 9.78 Å². The minimum Gasteiger partial charge on any atom is -0.325 e. The van der Waals surface area contributed by atoms with Gasteiger partial charge in [0, 0.05) is 27.8 Å². The van der Waals surface area contributed by atoms with Crippen LogP contribution in [0.25, 0.3) is 0 Å². The number of nitrogens with one attached hydrogen (secondary N) is 2. The van der Waals surface area contributed by atoms with E-state index in [2.05, 4.69) is 15.3 Å². The quantitative estimate of drug-likeness (QED) is 0.892. The Bertz CT molecular complexity index is 699. The Morgan fingerprint density at radius 2 is 2.26 bits per heavy atom. The van der Waals surface area contributed by atoms with Gasteiger partial charge in [0.15, 0.2) is 0 Å². The summed E-state index contributed by atoms with van der Waals surface area (Å²) in [6.45, 7) is 1.95. The SMILES string of the molecule is Cc1cc(Cl)ccc1Nc1nc2c(c(=O)[nH]1)CSC2. The van der Waals surface area contributed by atoms with Gasteiger partial charge in [-0.1, -0.05) is 11.6 Å². The summed E-state index contributed by atoms with van der Waals surface area (Å²) in [5.74, 6) is 2.03. The van der Waals surface area contributed by atoms with Crippen molar-refractivity contribution < 1.29 is 0 Å². The molecule has 2 heterocycles. The van der Waals surface area contributed by atoms with Crippen LogP contribution < -0.4 is 10.9 Å². The van der Waals surface area contributed by atoms with E-state index in [1.807, 2.05) is 19.1 Å². The van der Waals surface area contributed by atoms with E-state index in [1.165, 1.54) is 0 Å². The molecule has 0 fully saturated rings. The minimum absolute atomic E-state index is 0.0517. The molecule has 19 heavy (non-hydrogen) atoms. The van der Waals surface area contributed by atoms with Crippen molar-refractivity contribution >= 4 is 35.0 Å². The van der Waals surface area contributed by atoms with Crippen LogP contribution in [0.1, 0.15) is 16.8 Å². The second-order valence-corrected chi connectivity index (χ2v) is 5.84. The van der Waals surface area contributed by atoms with Gasteiger partial charge in [-0.2, -0.15) is 11.8 Å². The standard InChI is InChI=1S/C13H12ClN3OS/c1-7-4-8(14)2-3-10(7)15-13-16-11-6-19-5-9(11)12(18)17-13/h2-4H,5-6H2,1H3,(H2,15,16,17,18). The van der Waals surface area contributed by atoms with E-state index in [9.17, 15) is 4.79 Å². The van der Waals surface area contributed by atoms with E-state index >= 15 is 0 Å². The molecular formula is C13H12ClN3OS. The molecule has 0 unspecified atom stereocenters. The molecule has 0 aliphatic carbocycles. The number of aromatic nitrogens is 2. The van der Waals surface area contributed by atoms with Crippen LogP contribution in [0.5, 0.6) is 0 Å². The van der Waals surface area contributed by atoms with Crippen molar-refractivity contribution in [3.05, 3.63) is 50.4 Å². The van der Waals surface area contributed by atoms with Gasteiger partial charge in [0.2, 0.25) is 5.95 Å². The lowest BCUT2D eigenvalue weighted by Crippen LogP contribution is -2.16. The Hall–Kier alpha value is -1.46. The summed E-state index contributed by atoms with van der Waals surface area (Å²) >= 11 is 7.63. The molecule has 3 rings (SSSR count). The number of rotatable bonds is 2. The molecule has 1 aromatic heterocycles. The van der Waals surface area contributed by atoms with Crippen molar-refractivity contribution in [2.75, 3.05) is 5.32 Å². The first-order chi connectivity index (χ1) is 9.13. The molecule has 0 atom stereocenters. The molecule has 4 nitrogen and oxygen atoms in total. The van der Waals surface area contributed by atoms with Crippen LogP contribution in [0, 0.1) is 6.92 Å². The Labute approximate surface area is 119 Å². The number of hydrogen-bond acceptors (Lipinski definition) is 4. The van der Waals surface area contributed by atoms with E-state index in [0.29, 0.717) is 11.0 Å². The van der Waals surface area contributed by atoms with Gasteiger partial charge in [-0.05, 0) is 30.7 Å². The molecule has 2 aromatic rings. The van der Waals surface area contributed by atoms with Crippen LogP contribution in [0.15, 0.2) is 23.0 Å². The number of halogens is 1. The smallest absolute Gasteiger partial charge is 0.256 e. The first kappa shape index (κ1) is 12.6. The third-order valence-electron chi connectivity index (χ3n) is 3.03. The lowest BCUT2D eigenvalue weighted by molar-refractivity contribution is 1.03. The molecule has 0 bridgehead atoms.